The average molecular weight is 385 g/mol. The van der Waals surface area contributed by atoms with Gasteiger partial charge < -0.3 is 0 Å². The molecule has 1 saturated carbocycles. The van der Waals surface area contributed by atoms with Crippen molar-refractivity contribution < 1.29 is 4.79 Å². The maximum Gasteiger partial charge on any atom is 0.244 e. The minimum Gasteiger partial charge on any atom is -0.273 e. The second-order valence-corrected chi connectivity index (χ2v) is 8.36. The van der Waals surface area contributed by atoms with Crippen LogP contribution in [0.2, 0.25) is 0 Å². The zero-order valence-electron chi connectivity index (χ0n) is 17.2. The Morgan fingerprint density at radius 3 is 2.21 bits per heavy atom. The maximum atomic E-state index is 13.1. The molecular weight excluding hydrogens is 356 g/mol. The molecule has 0 spiro atoms. The predicted octanol–water partition coefficient (Wildman–Crippen LogP) is 5.40. The fourth-order valence-electron chi connectivity index (χ4n) is 4.48. The molecule has 0 unspecified atom stereocenters. The van der Waals surface area contributed by atoms with Crippen LogP contribution in [-0.2, 0) is 10.2 Å². The molecule has 1 amide bonds. The highest BCUT2D eigenvalue weighted by atomic mass is 16.2. The molecule has 4 rings (SSSR count). The maximum absolute atomic E-state index is 13.1. The van der Waals surface area contributed by atoms with Gasteiger partial charge in [-0.05, 0) is 55.7 Å². The molecule has 2 atom stereocenters. The SMILES string of the molecule is C=C(C)[C@H]1CC=C(C)/C(=N\NC(=O)[C@@H]2CC2(c2ccccc2)c2ccccc2)C1. The number of rotatable bonds is 5. The van der Waals surface area contributed by atoms with Crippen LogP contribution in [0.25, 0.3) is 0 Å². The quantitative estimate of drug-likeness (QED) is 0.544. The highest BCUT2D eigenvalue weighted by molar-refractivity contribution is 6.01. The second kappa shape index (κ2) is 7.82. The number of carbonyl (C=O) groups excluding carboxylic acids is 1. The molecule has 3 heteroatoms. The molecule has 2 aliphatic rings. The van der Waals surface area contributed by atoms with Crippen LogP contribution in [0.1, 0.15) is 44.2 Å². The summed E-state index contributed by atoms with van der Waals surface area (Å²) in [5.74, 6) is 0.292. The highest BCUT2D eigenvalue weighted by Crippen LogP contribution is 2.58. The molecule has 0 saturated heterocycles. The van der Waals surface area contributed by atoms with E-state index in [2.05, 4.69) is 61.3 Å². The van der Waals surface area contributed by atoms with Crippen LogP contribution in [0.3, 0.4) is 0 Å². The van der Waals surface area contributed by atoms with Gasteiger partial charge in [-0.1, -0.05) is 78.9 Å². The summed E-state index contributed by atoms with van der Waals surface area (Å²) in [6, 6.07) is 20.7. The van der Waals surface area contributed by atoms with Gasteiger partial charge in [0.25, 0.3) is 0 Å². The van der Waals surface area contributed by atoms with E-state index in [0.717, 1.165) is 30.5 Å². The van der Waals surface area contributed by atoms with Crippen LogP contribution >= 0.6 is 0 Å². The third-order valence-electron chi connectivity index (χ3n) is 6.46. The first kappa shape index (κ1) is 19.4. The minimum atomic E-state index is -0.259. The molecule has 2 aromatic carbocycles. The Hall–Kier alpha value is -2.94. The number of allylic oxidation sites excluding steroid dienone is 3. The number of carbonyl (C=O) groups is 1. The zero-order valence-corrected chi connectivity index (χ0v) is 17.2. The van der Waals surface area contributed by atoms with Gasteiger partial charge in [0, 0.05) is 5.41 Å². The van der Waals surface area contributed by atoms with Crippen LogP contribution in [0.15, 0.2) is 89.6 Å². The largest absolute Gasteiger partial charge is 0.273 e. The lowest BCUT2D eigenvalue weighted by molar-refractivity contribution is -0.122. The number of amides is 1. The second-order valence-electron chi connectivity index (χ2n) is 8.36. The van der Waals surface area contributed by atoms with Crippen molar-refractivity contribution in [2.45, 2.75) is 38.5 Å². The molecule has 2 aliphatic carbocycles. The molecule has 29 heavy (non-hydrogen) atoms. The Kier molecular flexibility index (Phi) is 5.23. The average Bonchev–Trinajstić information content (AvgIpc) is 3.51. The molecule has 1 fully saturated rings. The van der Waals surface area contributed by atoms with Crippen molar-refractivity contribution in [3.63, 3.8) is 0 Å². The van der Waals surface area contributed by atoms with Crippen molar-refractivity contribution in [3.05, 3.63) is 95.6 Å². The van der Waals surface area contributed by atoms with Gasteiger partial charge in [-0.25, -0.2) is 5.43 Å². The summed E-state index contributed by atoms with van der Waals surface area (Å²) >= 11 is 0. The Labute approximate surface area is 173 Å². The lowest BCUT2D eigenvalue weighted by Crippen LogP contribution is -2.27. The Bertz CT molecular complexity index is 933. The molecular formula is C26H28N2O. The summed E-state index contributed by atoms with van der Waals surface area (Å²) < 4.78 is 0. The van der Waals surface area contributed by atoms with Gasteiger partial charge in [-0.3, -0.25) is 4.79 Å². The molecule has 1 N–H and O–H groups in total. The first-order valence-corrected chi connectivity index (χ1v) is 10.3. The van der Waals surface area contributed by atoms with Crippen LogP contribution in [0.4, 0.5) is 0 Å². The lowest BCUT2D eigenvalue weighted by atomic mass is 9.85. The van der Waals surface area contributed by atoms with E-state index in [1.807, 2.05) is 36.4 Å². The van der Waals surface area contributed by atoms with Crippen LogP contribution in [0.5, 0.6) is 0 Å². The van der Waals surface area contributed by atoms with Crippen LogP contribution in [0, 0.1) is 11.8 Å². The van der Waals surface area contributed by atoms with Gasteiger partial charge in [0.1, 0.15) is 0 Å². The van der Waals surface area contributed by atoms with Crippen molar-refractivity contribution in [3.8, 4) is 0 Å². The van der Waals surface area contributed by atoms with E-state index in [-0.39, 0.29) is 17.2 Å². The standard InChI is InChI=1S/C26H28N2O/c1-18(2)20-15-14-19(3)24(16-20)27-28-25(29)23-17-26(23,21-10-6-4-7-11-21)22-12-8-5-9-13-22/h4-14,20,23H,1,15-17H2,2-3H3,(H,28,29)/b27-24-/t20-,23-/m0/s1. The number of hydrazone groups is 1. The number of hydrogen-bond acceptors (Lipinski definition) is 2. The molecule has 3 nitrogen and oxygen atoms in total. The van der Waals surface area contributed by atoms with Crippen molar-refractivity contribution in [2.75, 3.05) is 0 Å². The van der Waals surface area contributed by atoms with Gasteiger partial charge in [-0.2, -0.15) is 5.10 Å². The summed E-state index contributed by atoms with van der Waals surface area (Å²) in [6.07, 6.45) is 4.84. The minimum absolute atomic E-state index is 0.00421. The van der Waals surface area contributed by atoms with Gasteiger partial charge in [0.15, 0.2) is 0 Å². The summed E-state index contributed by atoms with van der Waals surface area (Å²) in [5, 5.41) is 4.52. The van der Waals surface area contributed by atoms with E-state index >= 15 is 0 Å². The first-order valence-electron chi connectivity index (χ1n) is 10.3. The molecule has 0 radical (unpaired) electrons. The highest BCUT2D eigenvalue weighted by Gasteiger charge is 2.60. The van der Waals surface area contributed by atoms with Crippen molar-refractivity contribution in [1.82, 2.24) is 5.43 Å². The molecule has 0 bridgehead atoms. The summed E-state index contributed by atoms with van der Waals surface area (Å²) in [4.78, 5) is 13.1. The topological polar surface area (TPSA) is 41.5 Å². The molecule has 148 valence electrons. The zero-order chi connectivity index (χ0) is 20.4. The molecule has 2 aromatic rings. The van der Waals surface area contributed by atoms with E-state index in [1.54, 1.807) is 0 Å². The van der Waals surface area contributed by atoms with E-state index < -0.39 is 0 Å². The van der Waals surface area contributed by atoms with Crippen molar-refractivity contribution >= 4 is 11.6 Å². The van der Waals surface area contributed by atoms with Crippen molar-refractivity contribution in [2.24, 2.45) is 16.9 Å². The Morgan fingerprint density at radius 1 is 1.07 bits per heavy atom. The number of benzene rings is 2. The molecule has 0 heterocycles. The predicted molar refractivity (Wildman–Crippen MR) is 119 cm³/mol. The summed E-state index contributed by atoms with van der Waals surface area (Å²) in [5.41, 5.74) is 8.28. The van der Waals surface area contributed by atoms with Gasteiger partial charge in [0.2, 0.25) is 5.91 Å². The summed E-state index contributed by atoms with van der Waals surface area (Å²) in [7, 11) is 0. The smallest absolute Gasteiger partial charge is 0.244 e. The third kappa shape index (κ3) is 3.69. The third-order valence-corrected chi connectivity index (χ3v) is 6.46. The summed E-state index contributed by atoms with van der Waals surface area (Å²) in [6.45, 7) is 8.21. The van der Waals surface area contributed by atoms with E-state index in [1.165, 1.54) is 16.7 Å². The van der Waals surface area contributed by atoms with E-state index in [4.69, 9.17) is 0 Å². The monoisotopic (exact) mass is 384 g/mol. The van der Waals surface area contributed by atoms with Gasteiger partial charge in [0.05, 0.1) is 11.6 Å². The normalized spacial score (nSPS) is 23.9. The number of nitrogens with one attached hydrogen (secondary N) is 1. The van der Waals surface area contributed by atoms with Crippen molar-refractivity contribution in [1.29, 1.82) is 0 Å². The van der Waals surface area contributed by atoms with E-state index in [9.17, 15) is 4.79 Å². The van der Waals surface area contributed by atoms with E-state index in [0.29, 0.717) is 5.92 Å². The Balaban J connectivity index is 1.56. The van der Waals surface area contributed by atoms with Gasteiger partial charge in [-0.15, -0.1) is 0 Å². The Morgan fingerprint density at radius 2 is 1.66 bits per heavy atom. The van der Waals surface area contributed by atoms with Gasteiger partial charge >= 0.3 is 0 Å². The molecule has 0 aliphatic heterocycles. The lowest BCUT2D eigenvalue weighted by Gasteiger charge is -2.22. The number of hydrogen-bond donors (Lipinski definition) is 1. The molecule has 0 aromatic heterocycles. The first-order chi connectivity index (χ1) is 14.0. The fraction of sp³-hybridized carbons (Fsp3) is 0.308. The number of nitrogens with zero attached hydrogens (tertiary/aromatic N) is 1. The fourth-order valence-corrected chi connectivity index (χ4v) is 4.48. The van der Waals surface area contributed by atoms with Crippen LogP contribution < -0.4 is 5.43 Å². The van der Waals surface area contributed by atoms with Crippen LogP contribution in [-0.4, -0.2) is 11.6 Å².